The summed E-state index contributed by atoms with van der Waals surface area (Å²) in [7, 11) is 0. The predicted octanol–water partition coefficient (Wildman–Crippen LogP) is 3.27. The van der Waals surface area contributed by atoms with Crippen LogP contribution in [0.4, 0.5) is 22.0 Å². The molecule has 0 saturated carbocycles. The highest BCUT2D eigenvalue weighted by Gasteiger charge is 2.62. The van der Waals surface area contributed by atoms with Crippen molar-refractivity contribution in [2.45, 2.75) is 38.8 Å². The molecule has 3 heterocycles. The van der Waals surface area contributed by atoms with Crippen LogP contribution in [0.3, 0.4) is 0 Å². The van der Waals surface area contributed by atoms with Gasteiger partial charge in [0.2, 0.25) is 0 Å². The number of nitrogens with one attached hydrogen (secondary N) is 1. The molecule has 8 heteroatoms. The van der Waals surface area contributed by atoms with E-state index in [9.17, 15) is 14.7 Å². The highest BCUT2D eigenvalue weighted by atomic mass is 16.4. The number of nitrogens with zero attached hydrogens (tertiary/aromatic N) is 3. The smallest absolute Gasteiger partial charge is 0.407 e. The van der Waals surface area contributed by atoms with Gasteiger partial charge >= 0.3 is 6.09 Å². The van der Waals surface area contributed by atoms with Gasteiger partial charge in [-0.3, -0.25) is 9.69 Å². The normalized spacial score (nSPS) is 23.0. The number of amides is 2. The van der Waals surface area contributed by atoms with Crippen LogP contribution in [0.1, 0.15) is 37.6 Å². The fraction of sp³-hybridized carbons (Fsp3) is 0.409. The Morgan fingerprint density at radius 3 is 2.57 bits per heavy atom. The molecule has 30 heavy (non-hydrogen) atoms. The third-order valence-corrected chi connectivity index (χ3v) is 6.50. The van der Waals surface area contributed by atoms with Crippen molar-refractivity contribution in [2.24, 2.45) is 5.41 Å². The fourth-order valence-corrected chi connectivity index (χ4v) is 4.69. The zero-order valence-electron chi connectivity index (χ0n) is 17.4. The van der Waals surface area contributed by atoms with Gasteiger partial charge in [0, 0.05) is 19.3 Å². The number of hydrogen-bond acceptors (Lipinski definition) is 5. The maximum Gasteiger partial charge on any atom is 0.407 e. The van der Waals surface area contributed by atoms with E-state index in [4.69, 9.17) is 5.73 Å². The molecule has 2 atom stereocenters. The number of likely N-dealkylation sites (tertiary alicyclic amines) is 1. The molecule has 2 amide bonds. The number of aromatic nitrogens is 1. The zero-order chi connectivity index (χ0) is 21.7. The number of piperazine rings is 1. The van der Waals surface area contributed by atoms with Crippen molar-refractivity contribution < 1.29 is 14.7 Å². The lowest BCUT2D eigenvalue weighted by Gasteiger charge is -2.48. The van der Waals surface area contributed by atoms with Crippen molar-refractivity contribution in [1.29, 1.82) is 0 Å². The number of carbonyl (C=O) groups is 2. The number of fused-ring (bicyclic) bond motifs is 2. The average Bonchev–Trinajstić information content (AvgIpc) is 3.28. The van der Waals surface area contributed by atoms with Crippen LogP contribution in [0.5, 0.6) is 0 Å². The summed E-state index contributed by atoms with van der Waals surface area (Å²) in [5, 5.41) is 12.5. The summed E-state index contributed by atoms with van der Waals surface area (Å²) in [4.78, 5) is 32.6. The summed E-state index contributed by atoms with van der Waals surface area (Å²) >= 11 is 0. The molecule has 2 saturated heterocycles. The van der Waals surface area contributed by atoms with Crippen LogP contribution in [0.2, 0.25) is 0 Å². The van der Waals surface area contributed by atoms with E-state index in [-0.39, 0.29) is 17.4 Å². The number of carboxylic acid groups (broad SMARTS) is 1. The summed E-state index contributed by atoms with van der Waals surface area (Å²) in [5.41, 5.74) is 6.72. The molecule has 4 rings (SSSR count). The van der Waals surface area contributed by atoms with Crippen LogP contribution in [-0.2, 0) is 0 Å². The number of nitrogens with two attached hydrogens (primary N) is 1. The van der Waals surface area contributed by atoms with Gasteiger partial charge in [0.25, 0.3) is 5.91 Å². The Morgan fingerprint density at radius 1 is 1.23 bits per heavy atom. The second-order valence-electron chi connectivity index (χ2n) is 9.11. The lowest BCUT2D eigenvalue weighted by atomic mass is 9.73. The molecule has 2 fully saturated rings. The summed E-state index contributed by atoms with van der Waals surface area (Å²) in [5.74, 6) is 0.477. The number of anilines is 3. The molecule has 0 unspecified atom stereocenters. The van der Waals surface area contributed by atoms with Crippen molar-refractivity contribution in [2.75, 3.05) is 29.0 Å². The zero-order valence-corrected chi connectivity index (χ0v) is 17.4. The third-order valence-electron chi connectivity index (χ3n) is 6.50. The van der Waals surface area contributed by atoms with Gasteiger partial charge in [-0.05, 0) is 36.1 Å². The first kappa shape index (κ1) is 20.0. The van der Waals surface area contributed by atoms with E-state index in [1.54, 1.807) is 41.4 Å². The van der Waals surface area contributed by atoms with E-state index in [0.717, 1.165) is 12.2 Å². The van der Waals surface area contributed by atoms with Gasteiger partial charge in [-0.15, -0.1) is 0 Å². The lowest BCUT2D eigenvalue weighted by molar-refractivity contribution is 0.0362. The Kier molecular flexibility index (Phi) is 4.60. The third kappa shape index (κ3) is 3.12. The van der Waals surface area contributed by atoms with Crippen LogP contribution in [0, 0.1) is 5.41 Å². The van der Waals surface area contributed by atoms with Crippen molar-refractivity contribution in [3.05, 3.63) is 48.2 Å². The first-order valence-corrected chi connectivity index (χ1v) is 10.0. The Labute approximate surface area is 175 Å². The topological polar surface area (TPSA) is 112 Å². The van der Waals surface area contributed by atoms with Crippen LogP contribution in [0.15, 0.2) is 42.6 Å². The number of carbonyl (C=O) groups excluding carboxylic acids is 1. The average molecular weight is 409 g/mol. The lowest BCUT2D eigenvalue weighted by Crippen LogP contribution is -2.61. The first-order chi connectivity index (χ1) is 14.1. The van der Waals surface area contributed by atoms with Gasteiger partial charge < -0.3 is 21.1 Å². The molecule has 1 aromatic carbocycles. The van der Waals surface area contributed by atoms with Crippen LogP contribution >= 0.6 is 0 Å². The van der Waals surface area contributed by atoms with Crippen LogP contribution in [0.25, 0.3) is 0 Å². The van der Waals surface area contributed by atoms with Crippen molar-refractivity contribution >= 4 is 29.2 Å². The van der Waals surface area contributed by atoms with E-state index in [0.29, 0.717) is 30.0 Å². The van der Waals surface area contributed by atoms with Gasteiger partial charge in [0.15, 0.2) is 0 Å². The summed E-state index contributed by atoms with van der Waals surface area (Å²) < 4.78 is 0. The molecule has 2 bridgehead atoms. The summed E-state index contributed by atoms with van der Waals surface area (Å²) in [6.07, 6.45) is 1.46. The van der Waals surface area contributed by atoms with Gasteiger partial charge in [-0.25, -0.2) is 9.78 Å². The van der Waals surface area contributed by atoms with Crippen LogP contribution in [-0.4, -0.2) is 51.7 Å². The van der Waals surface area contributed by atoms with Crippen molar-refractivity contribution in [3.63, 3.8) is 0 Å². The van der Waals surface area contributed by atoms with Gasteiger partial charge in [-0.2, -0.15) is 0 Å². The fourth-order valence-electron chi connectivity index (χ4n) is 4.69. The molecule has 158 valence electrons. The predicted molar refractivity (Wildman–Crippen MR) is 116 cm³/mol. The molecule has 8 nitrogen and oxygen atoms in total. The van der Waals surface area contributed by atoms with Crippen molar-refractivity contribution in [1.82, 2.24) is 9.88 Å². The van der Waals surface area contributed by atoms with Crippen LogP contribution < -0.4 is 16.0 Å². The minimum atomic E-state index is -0.868. The van der Waals surface area contributed by atoms with Gasteiger partial charge in [0.1, 0.15) is 5.82 Å². The maximum absolute atomic E-state index is 12.5. The largest absolute Gasteiger partial charge is 0.465 e. The molecule has 4 N–H and O–H groups in total. The highest BCUT2D eigenvalue weighted by Crippen LogP contribution is 2.51. The minimum Gasteiger partial charge on any atom is -0.465 e. The molecule has 2 aromatic rings. The second kappa shape index (κ2) is 6.90. The Morgan fingerprint density at radius 2 is 1.97 bits per heavy atom. The highest BCUT2D eigenvalue weighted by molar-refractivity contribution is 6.05. The van der Waals surface area contributed by atoms with Gasteiger partial charge in [-0.1, -0.05) is 32.9 Å². The number of hydrogen-bond donors (Lipinski definition) is 3. The van der Waals surface area contributed by atoms with E-state index >= 15 is 0 Å². The summed E-state index contributed by atoms with van der Waals surface area (Å²) in [6.45, 7) is 7.32. The van der Waals surface area contributed by atoms with E-state index in [2.05, 4.69) is 36.0 Å². The molecular formula is C22H27N5O3. The van der Waals surface area contributed by atoms with E-state index < -0.39 is 11.6 Å². The molecule has 2 aliphatic heterocycles. The monoisotopic (exact) mass is 409 g/mol. The minimum absolute atomic E-state index is 0.0802. The molecular weight excluding hydrogens is 382 g/mol. The molecule has 1 aromatic heterocycles. The quantitative estimate of drug-likeness (QED) is 0.671. The number of pyridine rings is 1. The molecule has 2 aliphatic rings. The molecule has 0 spiro atoms. The second-order valence-corrected chi connectivity index (χ2v) is 9.11. The Bertz CT molecular complexity index is 985. The Hall–Kier alpha value is -3.29. The number of rotatable bonds is 3. The first-order valence-electron chi connectivity index (χ1n) is 10.0. The Balaban J connectivity index is 1.52. The van der Waals surface area contributed by atoms with E-state index in [1.807, 2.05) is 6.07 Å². The number of para-hydroxylation sites is 2. The standard InChI is InChI=1S/C22H27N5O3/c1-21(2,3)22-10-15(12-27(22)20(29)30)26(13-22)18-9-8-14(11-24-18)19(28)25-17-7-5-4-6-16(17)23/h4-9,11,15H,10,12-13,23H2,1-3H3,(H,25,28)(H,29,30)/t15-,22+/m0/s1. The SMILES string of the molecule is CC(C)(C)[C@]12C[C@@H](CN1C(=O)O)N(c1ccc(C(=O)Nc3ccccc3N)cn1)C2. The molecule has 0 aliphatic carbocycles. The van der Waals surface area contributed by atoms with Gasteiger partial charge in [0.05, 0.1) is 28.5 Å². The molecule has 0 radical (unpaired) electrons. The maximum atomic E-state index is 12.5. The number of nitrogen functional groups attached to an aromatic ring is 1. The van der Waals surface area contributed by atoms with E-state index in [1.165, 1.54) is 0 Å². The van der Waals surface area contributed by atoms with Crippen molar-refractivity contribution in [3.8, 4) is 0 Å². The summed E-state index contributed by atoms with van der Waals surface area (Å²) in [6, 6.07) is 10.7. The number of benzene rings is 1.